The van der Waals surface area contributed by atoms with Gasteiger partial charge in [-0.3, -0.25) is 43.2 Å². The smallest absolute Gasteiger partial charge is 0.250 e. The molecule has 7 aliphatic rings. The first-order valence-corrected chi connectivity index (χ1v) is 30.2. The molecule has 5 aliphatic carbocycles. The van der Waals surface area contributed by atoms with Gasteiger partial charge < -0.3 is 31.9 Å². The van der Waals surface area contributed by atoms with Gasteiger partial charge in [-0.1, -0.05) is 53.7 Å². The van der Waals surface area contributed by atoms with Crippen LogP contribution < -0.4 is 31.9 Å². The molecule has 6 N–H and O–H groups in total. The summed E-state index contributed by atoms with van der Waals surface area (Å²) in [6.07, 6.45) is 18.4. The lowest BCUT2D eigenvalue weighted by molar-refractivity contribution is -0.119. The topological polar surface area (TPSA) is 226 Å². The van der Waals surface area contributed by atoms with Gasteiger partial charge >= 0.3 is 0 Å². The Kier molecular flexibility index (Phi) is 36.6. The zero-order valence-electron chi connectivity index (χ0n) is 52.5. The predicted molar refractivity (Wildman–Crippen MR) is 324 cm³/mol. The van der Waals surface area contributed by atoms with Crippen LogP contribution in [-0.4, -0.2) is 103 Å². The number of hydrogen-bond acceptors (Lipinski definition) is 11. The highest BCUT2D eigenvalue weighted by molar-refractivity contribution is 6.07. The SMILES string of the molecule is CC(C)C(=O)C1=C(F)CCCC1.CC(C)C(=O)C1=CC(=O)CC1.CC(C)C(=O)C1=CCNCC1.CC(C)NC(=O)C1=C(F)CCC1.CC(C)NC(=O)C1=C(F)CCCC1.CC(C)NC(=O)C1=CC(=O)CC1.CC(C)NC(=O)C1=CCNCC1. The molecule has 4 amide bonds. The van der Waals surface area contributed by atoms with E-state index >= 15 is 0 Å². The van der Waals surface area contributed by atoms with Gasteiger partial charge in [0.2, 0.25) is 23.6 Å². The van der Waals surface area contributed by atoms with Crippen molar-refractivity contribution < 1.29 is 56.3 Å². The maximum atomic E-state index is 13.2. The first-order chi connectivity index (χ1) is 39.0. The molecule has 0 aromatic heterocycles. The van der Waals surface area contributed by atoms with E-state index in [2.05, 4.69) is 31.9 Å². The minimum Gasteiger partial charge on any atom is -0.350 e. The van der Waals surface area contributed by atoms with Gasteiger partial charge in [0.25, 0.3) is 0 Å². The molecule has 0 aromatic rings. The largest absolute Gasteiger partial charge is 0.350 e. The molecular formula is C65H101F3N6O9. The van der Waals surface area contributed by atoms with Crippen molar-refractivity contribution in [2.75, 3.05) is 26.2 Å². The van der Waals surface area contributed by atoms with E-state index in [9.17, 15) is 56.3 Å². The van der Waals surface area contributed by atoms with Crippen molar-refractivity contribution in [1.29, 1.82) is 0 Å². The van der Waals surface area contributed by atoms with E-state index in [4.69, 9.17) is 0 Å². The molecule has 0 radical (unpaired) electrons. The Hall–Kier alpha value is -5.88. The van der Waals surface area contributed by atoms with Crippen LogP contribution in [0.5, 0.6) is 0 Å². The molecule has 0 saturated carbocycles. The minimum atomic E-state index is -0.236. The molecule has 15 nitrogen and oxygen atoms in total. The van der Waals surface area contributed by atoms with Gasteiger partial charge in [-0.15, -0.1) is 0 Å². The van der Waals surface area contributed by atoms with Crippen molar-refractivity contribution in [3.05, 3.63) is 80.8 Å². The van der Waals surface area contributed by atoms with E-state index in [0.717, 1.165) is 82.3 Å². The van der Waals surface area contributed by atoms with Crippen LogP contribution in [0.25, 0.3) is 0 Å². The first kappa shape index (κ1) is 75.1. The van der Waals surface area contributed by atoms with Crippen LogP contribution in [0.3, 0.4) is 0 Å². The Morgan fingerprint density at radius 1 is 0.361 bits per heavy atom. The fourth-order valence-corrected chi connectivity index (χ4v) is 8.91. The van der Waals surface area contributed by atoms with Crippen LogP contribution in [0, 0.1) is 17.8 Å². The molecule has 0 unspecified atom stereocenters. The molecule has 83 heavy (non-hydrogen) atoms. The van der Waals surface area contributed by atoms with E-state index in [0.29, 0.717) is 97.9 Å². The van der Waals surface area contributed by atoms with Gasteiger partial charge in [0, 0.05) is 95.7 Å². The summed E-state index contributed by atoms with van der Waals surface area (Å²) in [6.45, 7) is 30.0. The number of hydrogen-bond donors (Lipinski definition) is 6. The lowest BCUT2D eigenvalue weighted by atomic mass is 9.91. The zero-order valence-corrected chi connectivity index (χ0v) is 52.5. The third-order valence-corrected chi connectivity index (χ3v) is 13.3. The zero-order chi connectivity index (χ0) is 62.9. The Bertz CT molecular complexity index is 2460. The highest BCUT2D eigenvalue weighted by Crippen LogP contribution is 2.29. The molecule has 0 fully saturated rings. The fourth-order valence-electron chi connectivity index (χ4n) is 8.91. The van der Waals surface area contributed by atoms with Crippen molar-refractivity contribution in [1.82, 2.24) is 31.9 Å². The molecule has 0 bridgehead atoms. The lowest BCUT2D eigenvalue weighted by Gasteiger charge is -2.16. The lowest BCUT2D eigenvalue weighted by Crippen LogP contribution is -2.34. The normalized spacial score (nSPS) is 17.6. The maximum Gasteiger partial charge on any atom is 0.250 e. The van der Waals surface area contributed by atoms with Crippen LogP contribution in [-0.2, 0) is 43.2 Å². The number of allylic oxidation sites excluding steroid dienone is 7. The second-order valence-electron chi connectivity index (χ2n) is 23.6. The second kappa shape index (κ2) is 40.4. The van der Waals surface area contributed by atoms with E-state index < -0.39 is 0 Å². The standard InChI is InChI=1S/C10H16FNO.C10H15FO.C9H14FNO.C9H16N2O.C9H13NO2.C9H15NO.C9H12O2/c1-7(2)12-10(13)8-5-3-4-6-9(8)11;1-7(2)10(12)8-5-3-4-6-9(8)11;1-6(2)11-9(12)7-4-3-5-8(7)10;1-7(2)11-9(12)8-3-5-10-6-4-8;1-6(2)10-9(12)7-3-4-8(11)5-7;1-7(2)9(11)8-3-5-10-6-4-8;1-6(2)9(11)7-3-4-8(10)5-7/h7H,3-6H2,1-2H3,(H,12,13);7H,3-6H2,1-2H3;6H,3-5H2,1-2H3,(H,11,12);3,7,10H,4-6H2,1-2H3,(H,11,12);5-6H,3-4H2,1-2H3,(H,10,12);3,7,10H,4-6H2,1-2H3;5-6H,3-4H2,1-2H3. The van der Waals surface area contributed by atoms with Gasteiger partial charge in [0.05, 0.1) is 0 Å². The summed E-state index contributed by atoms with van der Waals surface area (Å²) in [6, 6.07) is 0.524. The number of ketones is 5. The molecule has 0 atom stereocenters. The van der Waals surface area contributed by atoms with E-state index in [1.54, 1.807) is 0 Å². The second-order valence-corrected chi connectivity index (χ2v) is 23.6. The highest BCUT2D eigenvalue weighted by atomic mass is 19.1. The Morgan fingerprint density at radius 2 is 0.687 bits per heavy atom. The quantitative estimate of drug-likeness (QED) is 0.0959. The Morgan fingerprint density at radius 3 is 1.02 bits per heavy atom. The molecule has 0 spiro atoms. The summed E-state index contributed by atoms with van der Waals surface area (Å²) in [5, 5.41) is 17.4. The molecule has 0 aromatic carbocycles. The van der Waals surface area contributed by atoms with E-state index in [1.807, 2.05) is 109 Å². The third-order valence-electron chi connectivity index (χ3n) is 13.3. The third kappa shape index (κ3) is 31.0. The van der Waals surface area contributed by atoms with Crippen molar-refractivity contribution in [2.24, 2.45) is 17.8 Å². The van der Waals surface area contributed by atoms with Gasteiger partial charge in [0.1, 0.15) is 17.5 Å². The number of carbonyl (C=O) groups is 9. The van der Waals surface area contributed by atoms with Crippen molar-refractivity contribution in [2.45, 2.75) is 230 Å². The van der Waals surface area contributed by atoms with Crippen LogP contribution in [0.15, 0.2) is 80.8 Å². The summed E-state index contributed by atoms with van der Waals surface area (Å²) < 4.78 is 39.2. The molecule has 2 aliphatic heterocycles. The highest BCUT2D eigenvalue weighted by Gasteiger charge is 2.24. The van der Waals surface area contributed by atoms with Crippen LogP contribution in [0.2, 0.25) is 0 Å². The fraction of sp³-hybridized carbons (Fsp3) is 0.646. The average Bonchev–Trinajstić information content (AvgIpc) is 4.21. The van der Waals surface area contributed by atoms with E-state index in [-0.39, 0.29) is 106 Å². The Labute approximate surface area is 494 Å². The van der Waals surface area contributed by atoms with Crippen molar-refractivity contribution in [3.63, 3.8) is 0 Å². The van der Waals surface area contributed by atoms with Crippen LogP contribution in [0.1, 0.15) is 206 Å². The molecule has 0 saturated heterocycles. The van der Waals surface area contributed by atoms with Crippen LogP contribution in [0.4, 0.5) is 13.2 Å². The number of rotatable bonds is 14. The molecule has 18 heteroatoms. The summed E-state index contributed by atoms with van der Waals surface area (Å²) in [5.74, 6) is -0.408. The molecular weight excluding hydrogens is 1070 g/mol. The number of carbonyl (C=O) groups excluding carboxylic acids is 9. The summed E-state index contributed by atoms with van der Waals surface area (Å²) in [7, 11) is 0. The summed E-state index contributed by atoms with van der Waals surface area (Å²) in [5.41, 5.74) is 4.43. The number of Topliss-reactive ketones (excluding diaryl/α,β-unsaturated/α-hetero) is 3. The molecule has 2 heterocycles. The molecule has 7 rings (SSSR count). The predicted octanol–water partition coefficient (Wildman–Crippen LogP) is 11.1. The maximum absolute atomic E-state index is 13.2. The van der Waals surface area contributed by atoms with Gasteiger partial charge in [-0.2, -0.15) is 0 Å². The van der Waals surface area contributed by atoms with Crippen molar-refractivity contribution in [3.8, 4) is 0 Å². The van der Waals surface area contributed by atoms with Crippen LogP contribution >= 0.6 is 0 Å². The average molecular weight is 1170 g/mol. The molecule has 466 valence electrons. The van der Waals surface area contributed by atoms with Crippen molar-refractivity contribution >= 4 is 52.5 Å². The minimum absolute atomic E-state index is 0.00722. The van der Waals surface area contributed by atoms with Gasteiger partial charge in [-0.05, 0) is 188 Å². The summed E-state index contributed by atoms with van der Waals surface area (Å²) >= 11 is 0. The van der Waals surface area contributed by atoms with E-state index in [1.165, 1.54) is 12.2 Å². The Balaban J connectivity index is 0.000000484. The number of nitrogens with one attached hydrogen (secondary N) is 6. The summed E-state index contributed by atoms with van der Waals surface area (Å²) in [4.78, 5) is 101. The number of halogens is 3. The first-order valence-electron chi connectivity index (χ1n) is 30.2. The van der Waals surface area contributed by atoms with Gasteiger partial charge in [0.15, 0.2) is 28.9 Å². The number of amides is 4. The van der Waals surface area contributed by atoms with Gasteiger partial charge in [-0.25, -0.2) is 13.2 Å². The monoisotopic (exact) mass is 1170 g/mol.